The van der Waals surface area contributed by atoms with Crippen molar-refractivity contribution in [3.05, 3.63) is 77.2 Å². The van der Waals surface area contributed by atoms with E-state index in [1.54, 1.807) is 6.07 Å². The number of para-hydroxylation sites is 1. The summed E-state index contributed by atoms with van der Waals surface area (Å²) in [5, 5.41) is 0.635. The number of nitrogens with zero attached hydrogens (tertiary/aromatic N) is 2. The van der Waals surface area contributed by atoms with Gasteiger partial charge in [0.05, 0.1) is 0 Å². The van der Waals surface area contributed by atoms with E-state index in [1.807, 2.05) is 30.3 Å². The highest BCUT2D eigenvalue weighted by atomic mass is 32.2. The third-order valence-electron chi connectivity index (χ3n) is 4.11. The zero-order valence-electron chi connectivity index (χ0n) is 15.8. The van der Waals surface area contributed by atoms with E-state index >= 15 is 0 Å². The zero-order valence-corrected chi connectivity index (χ0v) is 16.6. The Morgan fingerprint density at radius 1 is 1.04 bits per heavy atom. The fourth-order valence-electron chi connectivity index (χ4n) is 2.68. The van der Waals surface area contributed by atoms with Crippen molar-refractivity contribution in [3.63, 3.8) is 0 Å². The van der Waals surface area contributed by atoms with E-state index in [1.165, 1.54) is 23.9 Å². The summed E-state index contributed by atoms with van der Waals surface area (Å²) in [4.78, 5) is 9.12. The first-order valence-corrected chi connectivity index (χ1v) is 10.1. The maximum Gasteiger partial charge on any atom is 0.223 e. The Balaban J connectivity index is 1.81. The Bertz CT molecular complexity index is 914. The maximum absolute atomic E-state index is 13.4. The topological polar surface area (TPSA) is 35.0 Å². The fourth-order valence-corrected chi connectivity index (χ4v) is 3.50. The van der Waals surface area contributed by atoms with Crippen molar-refractivity contribution in [2.45, 2.75) is 44.0 Å². The van der Waals surface area contributed by atoms with Gasteiger partial charge in [-0.2, -0.15) is 4.98 Å². The zero-order chi connectivity index (χ0) is 19.2. The van der Waals surface area contributed by atoms with Gasteiger partial charge in [-0.05, 0) is 41.7 Å². The van der Waals surface area contributed by atoms with Crippen LogP contribution in [0.15, 0.2) is 59.8 Å². The lowest BCUT2D eigenvalue weighted by Crippen LogP contribution is -1.99. The number of halogens is 1. The predicted octanol–water partition coefficient (Wildman–Crippen LogP) is 6.39. The molecular weight excluding hydrogens is 359 g/mol. The summed E-state index contributed by atoms with van der Waals surface area (Å²) in [6.07, 6.45) is 0.790. The molecule has 0 aliphatic heterocycles. The van der Waals surface area contributed by atoms with Crippen molar-refractivity contribution < 1.29 is 9.13 Å². The Morgan fingerprint density at radius 2 is 1.85 bits per heavy atom. The predicted molar refractivity (Wildman–Crippen MR) is 108 cm³/mol. The molecule has 1 heterocycles. The monoisotopic (exact) mass is 382 g/mol. The average molecular weight is 383 g/mol. The van der Waals surface area contributed by atoms with Crippen LogP contribution in [-0.4, -0.2) is 9.97 Å². The van der Waals surface area contributed by atoms with Crippen LogP contribution in [0.4, 0.5) is 4.39 Å². The van der Waals surface area contributed by atoms with Gasteiger partial charge < -0.3 is 4.74 Å². The van der Waals surface area contributed by atoms with Gasteiger partial charge in [0.25, 0.3) is 0 Å². The quantitative estimate of drug-likeness (QED) is 0.350. The second-order valence-corrected chi connectivity index (χ2v) is 7.49. The first-order valence-electron chi connectivity index (χ1n) is 9.07. The van der Waals surface area contributed by atoms with Gasteiger partial charge in [-0.15, -0.1) is 0 Å². The molecule has 0 amide bonds. The van der Waals surface area contributed by atoms with E-state index in [0.717, 1.165) is 29.0 Å². The molecule has 3 aromatic rings. The Kier molecular flexibility index (Phi) is 6.45. The van der Waals surface area contributed by atoms with Gasteiger partial charge in [-0.3, -0.25) is 0 Å². The number of benzene rings is 2. The lowest BCUT2D eigenvalue weighted by molar-refractivity contribution is 0.446. The number of aromatic nitrogens is 2. The molecule has 0 bridgehead atoms. The molecule has 0 saturated carbocycles. The highest BCUT2D eigenvalue weighted by Crippen LogP contribution is 2.31. The summed E-state index contributed by atoms with van der Waals surface area (Å²) < 4.78 is 19.5. The molecule has 0 N–H and O–H groups in total. The normalized spacial score (nSPS) is 11.0. The van der Waals surface area contributed by atoms with Crippen molar-refractivity contribution in [2.75, 3.05) is 0 Å². The van der Waals surface area contributed by atoms with Crippen molar-refractivity contribution in [1.82, 2.24) is 9.97 Å². The summed E-state index contributed by atoms with van der Waals surface area (Å²) in [6, 6.07) is 16.5. The van der Waals surface area contributed by atoms with Gasteiger partial charge in [0.1, 0.15) is 11.6 Å². The molecule has 140 valence electrons. The molecule has 0 unspecified atom stereocenters. The van der Waals surface area contributed by atoms with Crippen LogP contribution in [0.25, 0.3) is 0 Å². The summed E-state index contributed by atoms with van der Waals surface area (Å²) in [5.74, 6) is 2.08. The summed E-state index contributed by atoms with van der Waals surface area (Å²) >= 11 is 1.48. The molecule has 3 nitrogen and oxygen atoms in total. The molecule has 0 aliphatic carbocycles. The van der Waals surface area contributed by atoms with Crippen LogP contribution in [-0.2, 0) is 12.2 Å². The minimum atomic E-state index is -0.231. The van der Waals surface area contributed by atoms with Crippen LogP contribution in [0.5, 0.6) is 11.6 Å². The number of thioether (sulfide) groups is 1. The van der Waals surface area contributed by atoms with Crippen LogP contribution in [0.3, 0.4) is 0 Å². The first kappa shape index (κ1) is 19.4. The number of hydrogen-bond acceptors (Lipinski definition) is 4. The molecule has 3 rings (SSSR count). The number of rotatable bonds is 7. The van der Waals surface area contributed by atoms with Crippen LogP contribution < -0.4 is 4.74 Å². The molecule has 0 radical (unpaired) electrons. The van der Waals surface area contributed by atoms with Gasteiger partial charge in [-0.25, -0.2) is 9.37 Å². The Morgan fingerprint density at radius 3 is 2.59 bits per heavy atom. The molecule has 0 aliphatic rings. The molecule has 0 fully saturated rings. The van der Waals surface area contributed by atoms with Crippen LogP contribution in [0.2, 0.25) is 0 Å². The van der Waals surface area contributed by atoms with E-state index in [9.17, 15) is 4.39 Å². The molecule has 0 atom stereocenters. The maximum atomic E-state index is 13.4. The van der Waals surface area contributed by atoms with Crippen molar-refractivity contribution in [2.24, 2.45) is 0 Å². The van der Waals surface area contributed by atoms with Crippen molar-refractivity contribution in [1.29, 1.82) is 0 Å². The van der Waals surface area contributed by atoms with Crippen molar-refractivity contribution >= 4 is 11.8 Å². The summed E-state index contributed by atoms with van der Waals surface area (Å²) in [6.45, 7) is 6.33. The van der Waals surface area contributed by atoms with Gasteiger partial charge in [-0.1, -0.05) is 62.9 Å². The minimum absolute atomic E-state index is 0.231. The second kappa shape index (κ2) is 9.00. The van der Waals surface area contributed by atoms with Gasteiger partial charge in [0.15, 0.2) is 5.16 Å². The van der Waals surface area contributed by atoms with E-state index < -0.39 is 0 Å². The largest absolute Gasteiger partial charge is 0.439 e. The molecule has 0 spiro atoms. The number of ether oxygens (including phenoxy) is 1. The van der Waals surface area contributed by atoms with Crippen LogP contribution in [0.1, 0.15) is 43.5 Å². The fraction of sp³-hybridized carbons (Fsp3) is 0.273. The molecule has 27 heavy (non-hydrogen) atoms. The molecular formula is C22H23FN2OS. The van der Waals surface area contributed by atoms with E-state index in [-0.39, 0.29) is 5.82 Å². The lowest BCUT2D eigenvalue weighted by Gasteiger charge is -2.14. The summed E-state index contributed by atoms with van der Waals surface area (Å²) in [5.41, 5.74) is 2.96. The van der Waals surface area contributed by atoms with Crippen LogP contribution >= 0.6 is 11.8 Å². The molecule has 0 saturated heterocycles. The number of aryl methyl sites for hydroxylation is 1. The second-order valence-electron chi connectivity index (χ2n) is 6.55. The SMILES string of the molecule is CCc1cc(Oc2ccccc2C(C)C)nc(SCc2cccc(F)c2)n1. The third-order valence-corrected chi connectivity index (χ3v) is 5.03. The van der Waals surface area contributed by atoms with Crippen LogP contribution in [0, 0.1) is 5.82 Å². The van der Waals surface area contributed by atoms with Crippen molar-refractivity contribution in [3.8, 4) is 11.6 Å². The Hall–Kier alpha value is -2.40. The van der Waals surface area contributed by atoms with Gasteiger partial charge in [0, 0.05) is 17.5 Å². The Labute approximate surface area is 164 Å². The molecule has 1 aromatic heterocycles. The lowest BCUT2D eigenvalue weighted by atomic mass is 10.0. The van der Waals surface area contributed by atoms with Gasteiger partial charge >= 0.3 is 0 Å². The standard InChI is InChI=1S/C22H23FN2OS/c1-4-18-13-21(26-20-11-6-5-10-19(20)15(2)3)25-22(24-18)27-14-16-8-7-9-17(23)12-16/h5-13,15H,4,14H2,1-3H3. The van der Waals surface area contributed by atoms with Gasteiger partial charge in [0.2, 0.25) is 5.88 Å². The minimum Gasteiger partial charge on any atom is -0.439 e. The van der Waals surface area contributed by atoms with E-state index in [4.69, 9.17) is 4.74 Å². The molecule has 5 heteroatoms. The highest BCUT2D eigenvalue weighted by molar-refractivity contribution is 7.98. The summed E-state index contributed by atoms with van der Waals surface area (Å²) in [7, 11) is 0. The smallest absolute Gasteiger partial charge is 0.223 e. The third kappa shape index (κ3) is 5.30. The molecule has 2 aromatic carbocycles. The van der Waals surface area contributed by atoms with E-state index in [2.05, 4.69) is 36.8 Å². The average Bonchev–Trinajstić information content (AvgIpc) is 2.66. The first-order chi connectivity index (χ1) is 13.0. The highest BCUT2D eigenvalue weighted by Gasteiger charge is 2.11. The van der Waals surface area contributed by atoms with E-state index in [0.29, 0.717) is 22.7 Å². The number of hydrogen-bond donors (Lipinski definition) is 0.